The lowest BCUT2D eigenvalue weighted by Crippen LogP contribution is -2.51. The van der Waals surface area contributed by atoms with Crippen LogP contribution in [0.25, 0.3) is 0 Å². The van der Waals surface area contributed by atoms with E-state index in [1.807, 2.05) is 0 Å². The SMILES string of the molecule is C#CCN1CCCC(NC2CC2)C1=O. The normalized spacial score (nSPS) is 27.5. The van der Waals surface area contributed by atoms with Crippen molar-refractivity contribution in [3.63, 3.8) is 0 Å². The van der Waals surface area contributed by atoms with E-state index >= 15 is 0 Å². The summed E-state index contributed by atoms with van der Waals surface area (Å²) in [6.07, 6.45) is 9.69. The minimum atomic E-state index is 0.0320. The first-order valence-corrected chi connectivity index (χ1v) is 5.29. The van der Waals surface area contributed by atoms with Crippen molar-refractivity contribution in [1.29, 1.82) is 0 Å². The standard InChI is InChI=1S/C11H16N2O/c1-2-7-13-8-3-4-10(11(13)14)12-9-5-6-9/h1,9-10,12H,3-8H2. The van der Waals surface area contributed by atoms with Crippen LogP contribution in [0.15, 0.2) is 0 Å². The second kappa shape index (κ2) is 4.02. The topological polar surface area (TPSA) is 32.3 Å². The molecule has 3 nitrogen and oxygen atoms in total. The molecule has 1 N–H and O–H groups in total. The second-order valence-corrected chi connectivity index (χ2v) is 4.10. The lowest BCUT2D eigenvalue weighted by Gasteiger charge is -2.31. The zero-order valence-electron chi connectivity index (χ0n) is 8.33. The van der Waals surface area contributed by atoms with Crippen LogP contribution < -0.4 is 5.32 Å². The molecule has 2 aliphatic rings. The van der Waals surface area contributed by atoms with E-state index in [2.05, 4.69) is 11.2 Å². The van der Waals surface area contributed by atoms with Gasteiger partial charge < -0.3 is 10.2 Å². The Kier molecular flexibility index (Phi) is 2.74. The predicted molar refractivity (Wildman–Crippen MR) is 54.6 cm³/mol. The number of likely N-dealkylation sites (tertiary alicyclic amines) is 1. The molecule has 2 fully saturated rings. The minimum absolute atomic E-state index is 0.0320. The van der Waals surface area contributed by atoms with Gasteiger partial charge >= 0.3 is 0 Å². The maximum absolute atomic E-state index is 11.8. The molecule has 76 valence electrons. The Morgan fingerprint density at radius 3 is 2.93 bits per heavy atom. The van der Waals surface area contributed by atoms with Gasteiger partial charge in [0.05, 0.1) is 12.6 Å². The summed E-state index contributed by atoms with van der Waals surface area (Å²) < 4.78 is 0. The zero-order valence-corrected chi connectivity index (χ0v) is 8.33. The van der Waals surface area contributed by atoms with Gasteiger partial charge in [0.1, 0.15) is 0 Å². The van der Waals surface area contributed by atoms with E-state index < -0.39 is 0 Å². The van der Waals surface area contributed by atoms with Crippen LogP contribution in [-0.2, 0) is 4.79 Å². The molecule has 0 aromatic heterocycles. The average Bonchev–Trinajstić information content (AvgIpc) is 2.96. The van der Waals surface area contributed by atoms with Gasteiger partial charge in [-0.3, -0.25) is 4.79 Å². The Hall–Kier alpha value is -1.01. The van der Waals surface area contributed by atoms with E-state index in [1.54, 1.807) is 4.90 Å². The molecule has 0 radical (unpaired) electrons. The maximum Gasteiger partial charge on any atom is 0.240 e. The van der Waals surface area contributed by atoms with Crippen molar-refractivity contribution in [3.8, 4) is 12.3 Å². The fourth-order valence-electron chi connectivity index (χ4n) is 1.90. The minimum Gasteiger partial charge on any atom is -0.330 e. The number of rotatable bonds is 3. The van der Waals surface area contributed by atoms with Crippen molar-refractivity contribution in [1.82, 2.24) is 10.2 Å². The van der Waals surface area contributed by atoms with Gasteiger partial charge in [-0.25, -0.2) is 0 Å². The quantitative estimate of drug-likeness (QED) is 0.655. The fourth-order valence-corrected chi connectivity index (χ4v) is 1.90. The van der Waals surface area contributed by atoms with Crippen molar-refractivity contribution in [2.75, 3.05) is 13.1 Å². The van der Waals surface area contributed by atoms with Gasteiger partial charge in [0, 0.05) is 12.6 Å². The van der Waals surface area contributed by atoms with Gasteiger partial charge in [-0.1, -0.05) is 5.92 Å². The van der Waals surface area contributed by atoms with Crippen LogP contribution in [0.5, 0.6) is 0 Å². The number of nitrogens with zero attached hydrogens (tertiary/aromatic N) is 1. The summed E-state index contributed by atoms with van der Waals surface area (Å²) in [7, 11) is 0. The molecule has 1 unspecified atom stereocenters. The Morgan fingerprint density at radius 2 is 2.29 bits per heavy atom. The highest BCUT2D eigenvalue weighted by atomic mass is 16.2. The van der Waals surface area contributed by atoms with E-state index in [4.69, 9.17) is 6.42 Å². The molecule has 0 bridgehead atoms. The van der Waals surface area contributed by atoms with Gasteiger partial charge in [0.25, 0.3) is 0 Å². The summed E-state index contributed by atoms with van der Waals surface area (Å²) in [6, 6.07) is 0.624. The number of piperidine rings is 1. The second-order valence-electron chi connectivity index (χ2n) is 4.10. The molecule has 3 heteroatoms. The third-order valence-electron chi connectivity index (χ3n) is 2.83. The first-order valence-electron chi connectivity index (χ1n) is 5.29. The molecule has 0 spiro atoms. The lowest BCUT2D eigenvalue weighted by molar-refractivity contribution is -0.135. The lowest BCUT2D eigenvalue weighted by atomic mass is 10.0. The molecule has 14 heavy (non-hydrogen) atoms. The van der Waals surface area contributed by atoms with E-state index in [1.165, 1.54) is 12.8 Å². The molecule has 1 aliphatic heterocycles. The van der Waals surface area contributed by atoms with E-state index in [9.17, 15) is 4.79 Å². The predicted octanol–water partition coefficient (Wildman–Crippen LogP) is 0.363. The molecular weight excluding hydrogens is 176 g/mol. The molecule has 1 saturated heterocycles. The molecular formula is C11H16N2O. The molecule has 0 aromatic rings. The summed E-state index contributed by atoms with van der Waals surface area (Å²) in [6.45, 7) is 1.29. The smallest absolute Gasteiger partial charge is 0.240 e. The van der Waals surface area contributed by atoms with Crippen LogP contribution in [-0.4, -0.2) is 36.0 Å². The molecule has 1 atom stereocenters. The summed E-state index contributed by atoms with van der Waals surface area (Å²) in [5.41, 5.74) is 0. The van der Waals surface area contributed by atoms with Crippen molar-refractivity contribution in [3.05, 3.63) is 0 Å². The van der Waals surface area contributed by atoms with Crippen LogP contribution in [0.1, 0.15) is 25.7 Å². The number of nitrogens with one attached hydrogen (secondary N) is 1. The monoisotopic (exact) mass is 192 g/mol. The Morgan fingerprint density at radius 1 is 1.50 bits per heavy atom. The Labute approximate surface area is 84.8 Å². The molecule has 2 rings (SSSR count). The highest BCUT2D eigenvalue weighted by Gasteiger charge is 2.32. The highest BCUT2D eigenvalue weighted by Crippen LogP contribution is 2.22. The van der Waals surface area contributed by atoms with Gasteiger partial charge in [-0.2, -0.15) is 0 Å². The number of carbonyl (C=O) groups excluding carboxylic acids is 1. The van der Waals surface area contributed by atoms with Crippen LogP contribution >= 0.6 is 0 Å². The number of terminal acetylenes is 1. The van der Waals surface area contributed by atoms with E-state index in [-0.39, 0.29) is 11.9 Å². The summed E-state index contributed by atoms with van der Waals surface area (Å²) in [5.74, 6) is 2.73. The number of amides is 1. The number of hydrogen-bond acceptors (Lipinski definition) is 2. The van der Waals surface area contributed by atoms with Crippen LogP contribution in [0.2, 0.25) is 0 Å². The molecule has 0 aromatic carbocycles. The third kappa shape index (κ3) is 2.08. The van der Waals surface area contributed by atoms with Gasteiger partial charge in [-0.05, 0) is 25.7 Å². The number of hydrogen-bond donors (Lipinski definition) is 1. The van der Waals surface area contributed by atoms with Crippen molar-refractivity contribution < 1.29 is 4.79 Å². The largest absolute Gasteiger partial charge is 0.330 e. The van der Waals surface area contributed by atoms with Gasteiger partial charge in [0.15, 0.2) is 0 Å². The Bertz CT molecular complexity index is 265. The highest BCUT2D eigenvalue weighted by molar-refractivity contribution is 5.82. The summed E-state index contributed by atoms with van der Waals surface area (Å²) >= 11 is 0. The van der Waals surface area contributed by atoms with Crippen molar-refractivity contribution in [2.45, 2.75) is 37.8 Å². The molecule has 1 heterocycles. The van der Waals surface area contributed by atoms with Crippen molar-refractivity contribution >= 4 is 5.91 Å². The van der Waals surface area contributed by atoms with Crippen LogP contribution in [0.4, 0.5) is 0 Å². The zero-order chi connectivity index (χ0) is 9.97. The molecule has 1 aliphatic carbocycles. The van der Waals surface area contributed by atoms with Crippen LogP contribution in [0, 0.1) is 12.3 Å². The average molecular weight is 192 g/mol. The maximum atomic E-state index is 11.8. The van der Waals surface area contributed by atoms with Crippen LogP contribution in [0.3, 0.4) is 0 Å². The third-order valence-corrected chi connectivity index (χ3v) is 2.83. The van der Waals surface area contributed by atoms with E-state index in [0.29, 0.717) is 12.6 Å². The molecule has 1 saturated carbocycles. The van der Waals surface area contributed by atoms with E-state index in [0.717, 1.165) is 19.4 Å². The number of carbonyl (C=O) groups is 1. The van der Waals surface area contributed by atoms with Crippen molar-refractivity contribution in [2.24, 2.45) is 0 Å². The summed E-state index contributed by atoms with van der Waals surface area (Å²) in [5, 5.41) is 3.37. The fraction of sp³-hybridized carbons (Fsp3) is 0.727. The van der Waals surface area contributed by atoms with Gasteiger partial charge in [-0.15, -0.1) is 6.42 Å². The first kappa shape index (κ1) is 9.54. The Balaban J connectivity index is 1.90. The first-order chi connectivity index (χ1) is 6.81. The molecule has 1 amide bonds. The van der Waals surface area contributed by atoms with Gasteiger partial charge in [0.2, 0.25) is 5.91 Å². The summed E-state index contributed by atoms with van der Waals surface area (Å²) in [4.78, 5) is 13.6.